The molecule has 1 aromatic carbocycles. The second-order valence-electron chi connectivity index (χ2n) is 6.00. The van der Waals surface area contributed by atoms with Crippen LogP contribution in [0.2, 0.25) is 5.02 Å². The van der Waals surface area contributed by atoms with E-state index < -0.39 is 0 Å². The van der Waals surface area contributed by atoms with Gasteiger partial charge in [0.1, 0.15) is 0 Å². The number of carbonyl (C=O) groups is 1. The zero-order valence-corrected chi connectivity index (χ0v) is 13.2. The van der Waals surface area contributed by atoms with E-state index in [0.29, 0.717) is 6.04 Å². The molecule has 4 atom stereocenters. The highest BCUT2D eigenvalue weighted by Crippen LogP contribution is 2.44. The lowest BCUT2D eigenvalue weighted by atomic mass is 9.95. The van der Waals surface area contributed by atoms with Crippen molar-refractivity contribution in [3.8, 4) is 0 Å². The van der Waals surface area contributed by atoms with Crippen LogP contribution < -0.4 is 5.32 Å². The lowest BCUT2D eigenvalue weighted by molar-refractivity contribution is -0.121. The van der Waals surface area contributed by atoms with Crippen LogP contribution in [0.1, 0.15) is 32.6 Å². The number of hydrogen-bond donors (Lipinski definition) is 1. The zero-order valence-electron chi connectivity index (χ0n) is 11.6. The number of carbonyl (C=O) groups excluding carboxylic acids is 1. The van der Waals surface area contributed by atoms with E-state index in [4.69, 9.17) is 11.6 Å². The van der Waals surface area contributed by atoms with Gasteiger partial charge in [-0.15, -0.1) is 11.8 Å². The fraction of sp³-hybridized carbons (Fsp3) is 0.562. The Hall–Kier alpha value is -0.670. The molecule has 2 aliphatic carbocycles. The minimum absolute atomic E-state index is 0.0599. The molecule has 0 aliphatic heterocycles. The minimum atomic E-state index is -0.0599. The maximum atomic E-state index is 12.3. The van der Waals surface area contributed by atoms with E-state index in [-0.39, 0.29) is 11.2 Å². The van der Waals surface area contributed by atoms with Gasteiger partial charge in [0, 0.05) is 16.0 Å². The number of thioether (sulfide) groups is 1. The van der Waals surface area contributed by atoms with Gasteiger partial charge in [-0.25, -0.2) is 0 Å². The molecule has 20 heavy (non-hydrogen) atoms. The van der Waals surface area contributed by atoms with E-state index in [0.717, 1.165) is 21.8 Å². The third-order valence-electron chi connectivity index (χ3n) is 4.56. The summed E-state index contributed by atoms with van der Waals surface area (Å²) in [6.07, 6.45) is 5.18. The van der Waals surface area contributed by atoms with E-state index in [1.165, 1.54) is 25.7 Å². The molecule has 2 nitrogen and oxygen atoms in total. The van der Waals surface area contributed by atoms with Crippen LogP contribution in [0.15, 0.2) is 29.2 Å². The van der Waals surface area contributed by atoms with Crippen molar-refractivity contribution in [2.75, 3.05) is 0 Å². The van der Waals surface area contributed by atoms with Gasteiger partial charge in [-0.05, 0) is 62.3 Å². The van der Waals surface area contributed by atoms with Crippen LogP contribution >= 0.6 is 23.4 Å². The van der Waals surface area contributed by atoms with Crippen molar-refractivity contribution < 1.29 is 4.79 Å². The Morgan fingerprint density at radius 3 is 2.65 bits per heavy atom. The van der Waals surface area contributed by atoms with Gasteiger partial charge in [0.25, 0.3) is 0 Å². The molecule has 2 fully saturated rings. The van der Waals surface area contributed by atoms with E-state index in [1.807, 2.05) is 31.2 Å². The van der Waals surface area contributed by atoms with Gasteiger partial charge in [0.15, 0.2) is 0 Å². The average molecular weight is 310 g/mol. The zero-order chi connectivity index (χ0) is 14.1. The van der Waals surface area contributed by atoms with E-state index in [1.54, 1.807) is 11.8 Å². The van der Waals surface area contributed by atoms with Crippen molar-refractivity contribution in [2.45, 2.75) is 48.8 Å². The van der Waals surface area contributed by atoms with Crippen LogP contribution in [-0.2, 0) is 4.79 Å². The molecular weight excluding hydrogens is 290 g/mol. The van der Waals surface area contributed by atoms with Crippen molar-refractivity contribution in [2.24, 2.45) is 11.8 Å². The molecule has 2 bridgehead atoms. The first-order valence-electron chi connectivity index (χ1n) is 7.34. The molecular formula is C16H20ClNOS. The lowest BCUT2D eigenvalue weighted by Crippen LogP contribution is -2.42. The number of rotatable bonds is 4. The summed E-state index contributed by atoms with van der Waals surface area (Å²) in [4.78, 5) is 13.4. The van der Waals surface area contributed by atoms with Gasteiger partial charge in [0.2, 0.25) is 5.91 Å². The van der Waals surface area contributed by atoms with Gasteiger partial charge in [0.05, 0.1) is 5.25 Å². The number of benzene rings is 1. The second kappa shape index (κ2) is 5.98. The molecule has 1 N–H and O–H groups in total. The highest BCUT2D eigenvalue weighted by molar-refractivity contribution is 8.00. The summed E-state index contributed by atoms with van der Waals surface area (Å²) >= 11 is 7.46. The molecule has 1 aromatic rings. The van der Waals surface area contributed by atoms with Gasteiger partial charge in [-0.1, -0.05) is 18.0 Å². The molecule has 0 heterocycles. The number of fused-ring (bicyclic) bond motifs is 2. The molecule has 0 aromatic heterocycles. The first kappa shape index (κ1) is 14.3. The number of amides is 1. The Balaban J connectivity index is 1.53. The highest BCUT2D eigenvalue weighted by Gasteiger charge is 2.40. The third kappa shape index (κ3) is 3.15. The Morgan fingerprint density at radius 1 is 1.30 bits per heavy atom. The predicted molar refractivity (Wildman–Crippen MR) is 84.1 cm³/mol. The molecule has 0 spiro atoms. The largest absolute Gasteiger partial charge is 0.352 e. The fourth-order valence-electron chi connectivity index (χ4n) is 3.49. The number of halogens is 1. The van der Waals surface area contributed by atoms with Gasteiger partial charge >= 0.3 is 0 Å². The third-order valence-corrected chi connectivity index (χ3v) is 5.93. The van der Waals surface area contributed by atoms with Crippen molar-refractivity contribution in [3.63, 3.8) is 0 Å². The number of nitrogens with one attached hydrogen (secondary N) is 1. The van der Waals surface area contributed by atoms with E-state index in [2.05, 4.69) is 5.32 Å². The van der Waals surface area contributed by atoms with Crippen molar-refractivity contribution in [1.82, 2.24) is 5.32 Å². The van der Waals surface area contributed by atoms with Gasteiger partial charge < -0.3 is 5.32 Å². The quantitative estimate of drug-likeness (QED) is 0.847. The summed E-state index contributed by atoms with van der Waals surface area (Å²) in [5.74, 6) is 1.77. The Morgan fingerprint density at radius 2 is 2.05 bits per heavy atom. The summed E-state index contributed by atoms with van der Waals surface area (Å²) in [5.41, 5.74) is 0. The highest BCUT2D eigenvalue weighted by atomic mass is 35.5. The summed E-state index contributed by atoms with van der Waals surface area (Å²) in [5, 5.41) is 3.93. The molecule has 108 valence electrons. The molecule has 1 amide bonds. The Kier molecular flexibility index (Phi) is 4.27. The average Bonchev–Trinajstić information content (AvgIpc) is 3.03. The molecule has 2 aliphatic rings. The first-order valence-corrected chi connectivity index (χ1v) is 8.60. The maximum absolute atomic E-state index is 12.3. The number of hydrogen-bond acceptors (Lipinski definition) is 2. The van der Waals surface area contributed by atoms with Crippen LogP contribution in [0.4, 0.5) is 0 Å². The van der Waals surface area contributed by atoms with Crippen LogP contribution in [0.3, 0.4) is 0 Å². The van der Waals surface area contributed by atoms with Crippen LogP contribution in [-0.4, -0.2) is 17.2 Å². The van der Waals surface area contributed by atoms with E-state index >= 15 is 0 Å². The normalized spacial score (nSPS) is 29.4. The molecule has 0 radical (unpaired) electrons. The summed E-state index contributed by atoms with van der Waals surface area (Å²) in [7, 11) is 0. The smallest absolute Gasteiger partial charge is 0.233 e. The monoisotopic (exact) mass is 309 g/mol. The predicted octanol–water partition coefficient (Wildman–Crippen LogP) is 4.13. The molecule has 0 saturated heterocycles. The Bertz CT molecular complexity index is 490. The summed E-state index contributed by atoms with van der Waals surface area (Å²) in [6, 6.07) is 8.09. The van der Waals surface area contributed by atoms with Crippen molar-refractivity contribution in [3.05, 3.63) is 29.3 Å². The molecule has 4 heteroatoms. The van der Waals surface area contributed by atoms with Crippen LogP contribution in [0, 0.1) is 11.8 Å². The minimum Gasteiger partial charge on any atom is -0.352 e. The van der Waals surface area contributed by atoms with Gasteiger partial charge in [-0.3, -0.25) is 4.79 Å². The van der Waals surface area contributed by atoms with Crippen LogP contribution in [0.5, 0.6) is 0 Å². The molecule has 3 rings (SSSR count). The summed E-state index contributed by atoms with van der Waals surface area (Å²) < 4.78 is 0. The Labute approximate surface area is 129 Å². The second-order valence-corrected chi connectivity index (χ2v) is 7.85. The SMILES string of the molecule is C[C@H](Sc1ccc(Cl)cc1)C(=O)N[C@H]1C[C@@H]2CC[C@@H]1C2. The van der Waals surface area contributed by atoms with Crippen molar-refractivity contribution in [1.29, 1.82) is 0 Å². The standard InChI is InChI=1S/C16H20ClNOS/c1-10(20-14-6-4-13(17)5-7-14)16(19)18-15-9-11-2-3-12(15)8-11/h4-7,10-12,15H,2-3,8-9H2,1H3,(H,18,19)/t10-,11+,12+,15-/m0/s1. The topological polar surface area (TPSA) is 29.1 Å². The van der Waals surface area contributed by atoms with Crippen LogP contribution in [0.25, 0.3) is 0 Å². The maximum Gasteiger partial charge on any atom is 0.233 e. The first-order chi connectivity index (χ1) is 9.61. The molecule has 0 unspecified atom stereocenters. The van der Waals surface area contributed by atoms with Gasteiger partial charge in [-0.2, -0.15) is 0 Å². The lowest BCUT2D eigenvalue weighted by Gasteiger charge is -2.24. The van der Waals surface area contributed by atoms with Crippen molar-refractivity contribution >= 4 is 29.3 Å². The molecule has 2 saturated carbocycles. The summed E-state index contributed by atoms with van der Waals surface area (Å²) in [6.45, 7) is 1.97. The fourth-order valence-corrected chi connectivity index (χ4v) is 4.49. The van der Waals surface area contributed by atoms with E-state index in [9.17, 15) is 4.79 Å².